The number of rotatable bonds is 6. The van der Waals surface area contributed by atoms with Gasteiger partial charge < -0.3 is 19.4 Å². The lowest BCUT2D eigenvalue weighted by atomic mass is 10.1. The molecule has 1 saturated heterocycles. The number of amides is 1. The van der Waals surface area contributed by atoms with Gasteiger partial charge in [0.05, 0.1) is 10.9 Å². The molecule has 2 aliphatic heterocycles. The second kappa shape index (κ2) is 10.2. The third kappa shape index (κ3) is 4.80. The molecular weight excluding hydrogens is 484 g/mol. The number of benzene rings is 3. The normalized spacial score (nSPS) is 15.2. The molecular formula is C29H28N4O5. The summed E-state index contributed by atoms with van der Waals surface area (Å²) in [5, 5.41) is 0.391. The van der Waals surface area contributed by atoms with Gasteiger partial charge in [0.25, 0.3) is 11.5 Å². The number of H-pyrrole nitrogens is 1. The van der Waals surface area contributed by atoms with Gasteiger partial charge >= 0.3 is 5.69 Å². The van der Waals surface area contributed by atoms with E-state index in [1.54, 1.807) is 18.2 Å². The van der Waals surface area contributed by atoms with Gasteiger partial charge in [0.1, 0.15) is 0 Å². The second-order valence-corrected chi connectivity index (χ2v) is 9.64. The standard InChI is InChI=1S/C29H28N4O5/c34-27(32-14-12-31(13-15-32)18-21-6-9-25-26(16-21)38-19-37-25)22-7-8-23-24(17-22)30-29(36)33(28(23)35)11-10-20-4-2-1-3-5-20/h1-9,16-17H,10-15,18-19H2,(H,30,36). The molecule has 0 spiro atoms. The molecule has 38 heavy (non-hydrogen) atoms. The number of carbonyl (C=O) groups excluding carboxylic acids is 1. The van der Waals surface area contributed by atoms with Crippen LogP contribution in [0.15, 0.2) is 76.3 Å². The van der Waals surface area contributed by atoms with E-state index >= 15 is 0 Å². The molecule has 194 valence electrons. The van der Waals surface area contributed by atoms with Crippen molar-refractivity contribution in [3.8, 4) is 11.5 Å². The summed E-state index contributed by atoms with van der Waals surface area (Å²) in [6.45, 7) is 4.00. The number of piperazine rings is 1. The first-order valence-electron chi connectivity index (χ1n) is 12.8. The summed E-state index contributed by atoms with van der Waals surface area (Å²) in [4.78, 5) is 45.9. The van der Waals surface area contributed by atoms with Crippen LogP contribution in [-0.4, -0.2) is 58.2 Å². The molecule has 4 aromatic rings. The van der Waals surface area contributed by atoms with Gasteiger partial charge in [-0.1, -0.05) is 36.4 Å². The van der Waals surface area contributed by atoms with Crippen molar-refractivity contribution in [1.82, 2.24) is 19.4 Å². The number of hydrogen-bond donors (Lipinski definition) is 1. The van der Waals surface area contributed by atoms with E-state index < -0.39 is 5.69 Å². The van der Waals surface area contributed by atoms with Crippen LogP contribution in [-0.2, 0) is 19.5 Å². The minimum absolute atomic E-state index is 0.108. The Morgan fingerprint density at radius 3 is 2.45 bits per heavy atom. The fourth-order valence-corrected chi connectivity index (χ4v) is 5.07. The SMILES string of the molecule is O=C(c1ccc2c(=O)n(CCc3ccccc3)c(=O)[nH]c2c1)N1CCN(Cc2ccc3c(c2)OCO3)CC1. The first kappa shape index (κ1) is 24.0. The van der Waals surface area contributed by atoms with Gasteiger partial charge in [-0.25, -0.2) is 4.79 Å². The zero-order valence-electron chi connectivity index (χ0n) is 20.9. The quantitative estimate of drug-likeness (QED) is 0.427. The van der Waals surface area contributed by atoms with Crippen LogP contribution in [0.4, 0.5) is 0 Å². The molecule has 9 nitrogen and oxygen atoms in total. The van der Waals surface area contributed by atoms with Gasteiger partial charge in [-0.15, -0.1) is 0 Å². The number of carbonyl (C=O) groups is 1. The van der Waals surface area contributed by atoms with Gasteiger partial charge in [-0.2, -0.15) is 0 Å². The number of aryl methyl sites for hydroxylation is 1. The van der Waals surface area contributed by atoms with E-state index in [0.29, 0.717) is 36.0 Å². The van der Waals surface area contributed by atoms with Crippen LogP contribution in [0.5, 0.6) is 11.5 Å². The Hall–Kier alpha value is -4.37. The van der Waals surface area contributed by atoms with Crippen LogP contribution in [0.1, 0.15) is 21.5 Å². The molecule has 0 saturated carbocycles. The Morgan fingerprint density at radius 1 is 0.842 bits per heavy atom. The monoisotopic (exact) mass is 512 g/mol. The Kier molecular flexibility index (Phi) is 6.43. The van der Waals surface area contributed by atoms with Gasteiger partial charge in [0.2, 0.25) is 6.79 Å². The highest BCUT2D eigenvalue weighted by atomic mass is 16.7. The topological polar surface area (TPSA) is 96.9 Å². The summed E-state index contributed by atoms with van der Waals surface area (Å²) >= 11 is 0. The molecule has 0 radical (unpaired) electrons. The van der Waals surface area contributed by atoms with Gasteiger partial charge in [0.15, 0.2) is 11.5 Å². The second-order valence-electron chi connectivity index (χ2n) is 9.64. The lowest BCUT2D eigenvalue weighted by Gasteiger charge is -2.34. The van der Waals surface area contributed by atoms with E-state index in [-0.39, 0.29) is 24.8 Å². The average molecular weight is 513 g/mol. The van der Waals surface area contributed by atoms with Crippen LogP contribution < -0.4 is 20.7 Å². The van der Waals surface area contributed by atoms with Crippen LogP contribution in [0.2, 0.25) is 0 Å². The maximum Gasteiger partial charge on any atom is 0.328 e. The van der Waals surface area contributed by atoms with Crippen molar-refractivity contribution in [3.63, 3.8) is 0 Å². The van der Waals surface area contributed by atoms with Crippen molar-refractivity contribution in [2.24, 2.45) is 0 Å². The van der Waals surface area contributed by atoms with Crippen molar-refractivity contribution in [1.29, 1.82) is 0 Å². The highest BCUT2D eigenvalue weighted by molar-refractivity contribution is 5.97. The first-order chi connectivity index (χ1) is 18.5. The van der Waals surface area contributed by atoms with Crippen LogP contribution in [0.3, 0.4) is 0 Å². The summed E-state index contributed by atoms with van der Waals surface area (Å²) in [6.07, 6.45) is 0.576. The third-order valence-electron chi connectivity index (χ3n) is 7.20. The van der Waals surface area contributed by atoms with Crippen molar-refractivity contribution < 1.29 is 14.3 Å². The Labute approximate surface area is 218 Å². The lowest BCUT2D eigenvalue weighted by molar-refractivity contribution is 0.0628. The van der Waals surface area contributed by atoms with Gasteiger partial charge in [-0.3, -0.25) is 19.1 Å². The predicted octanol–water partition coefficient (Wildman–Crippen LogP) is 2.62. The summed E-state index contributed by atoms with van der Waals surface area (Å²) in [6, 6.07) is 20.6. The summed E-state index contributed by atoms with van der Waals surface area (Å²) in [5.41, 5.74) is 2.20. The average Bonchev–Trinajstić information content (AvgIpc) is 3.41. The molecule has 0 bridgehead atoms. The van der Waals surface area contributed by atoms with E-state index in [1.807, 2.05) is 53.4 Å². The number of aromatic nitrogens is 2. The lowest BCUT2D eigenvalue weighted by Crippen LogP contribution is -2.48. The number of fused-ring (bicyclic) bond motifs is 2. The van der Waals surface area contributed by atoms with E-state index in [4.69, 9.17) is 9.47 Å². The Balaban J connectivity index is 1.12. The van der Waals surface area contributed by atoms with Crippen LogP contribution >= 0.6 is 0 Å². The largest absolute Gasteiger partial charge is 0.454 e. The number of ether oxygens (including phenoxy) is 2. The van der Waals surface area contributed by atoms with E-state index in [2.05, 4.69) is 9.88 Å². The van der Waals surface area contributed by atoms with Crippen LogP contribution in [0.25, 0.3) is 10.9 Å². The molecule has 0 aliphatic carbocycles. The summed E-state index contributed by atoms with van der Waals surface area (Å²) in [5.74, 6) is 1.43. The first-order valence-corrected chi connectivity index (χ1v) is 12.8. The van der Waals surface area contributed by atoms with Crippen LogP contribution in [0, 0.1) is 0 Å². The van der Waals surface area contributed by atoms with Gasteiger partial charge in [0, 0.05) is 44.8 Å². The van der Waals surface area contributed by atoms with Crippen molar-refractivity contribution >= 4 is 16.8 Å². The highest BCUT2D eigenvalue weighted by Gasteiger charge is 2.23. The number of nitrogens with one attached hydrogen (secondary N) is 1. The molecule has 0 unspecified atom stereocenters. The molecule has 1 aromatic heterocycles. The van der Waals surface area contributed by atoms with E-state index in [1.165, 1.54) is 4.57 Å². The highest BCUT2D eigenvalue weighted by Crippen LogP contribution is 2.32. The number of hydrogen-bond acceptors (Lipinski definition) is 6. The summed E-state index contributed by atoms with van der Waals surface area (Å²) in [7, 11) is 0. The zero-order valence-corrected chi connectivity index (χ0v) is 20.9. The van der Waals surface area contributed by atoms with Crippen molar-refractivity contribution in [2.75, 3.05) is 33.0 Å². The molecule has 1 N–H and O–H groups in total. The predicted molar refractivity (Wildman–Crippen MR) is 143 cm³/mol. The van der Waals surface area contributed by atoms with E-state index in [0.717, 1.165) is 42.3 Å². The van der Waals surface area contributed by atoms with Crippen molar-refractivity contribution in [3.05, 3.63) is 104 Å². The molecule has 3 aromatic carbocycles. The van der Waals surface area contributed by atoms with Crippen molar-refractivity contribution in [2.45, 2.75) is 19.5 Å². The molecule has 1 fully saturated rings. The summed E-state index contributed by atoms with van der Waals surface area (Å²) < 4.78 is 12.1. The molecule has 9 heteroatoms. The minimum Gasteiger partial charge on any atom is -0.454 e. The maximum absolute atomic E-state index is 13.2. The Bertz CT molecular complexity index is 1600. The zero-order chi connectivity index (χ0) is 26.1. The minimum atomic E-state index is -0.472. The van der Waals surface area contributed by atoms with E-state index in [9.17, 15) is 14.4 Å². The molecule has 3 heterocycles. The van der Waals surface area contributed by atoms with Gasteiger partial charge in [-0.05, 0) is 47.9 Å². The number of nitrogens with zero attached hydrogens (tertiary/aromatic N) is 3. The smallest absolute Gasteiger partial charge is 0.328 e. The number of aromatic amines is 1. The maximum atomic E-state index is 13.2. The molecule has 6 rings (SSSR count). The molecule has 2 aliphatic rings. The Morgan fingerprint density at radius 2 is 1.63 bits per heavy atom. The molecule has 0 atom stereocenters. The fourth-order valence-electron chi connectivity index (χ4n) is 5.07. The molecule has 1 amide bonds. The third-order valence-corrected chi connectivity index (χ3v) is 7.20. The fraction of sp³-hybridized carbons (Fsp3) is 0.276.